The molecule has 1 heterocycles. The smallest absolute Gasteiger partial charge is 0.270 e. The predicted octanol–water partition coefficient (Wildman–Crippen LogP) is 3.50. The van der Waals surface area contributed by atoms with Crippen LogP contribution in [-0.4, -0.2) is 37.1 Å². The minimum atomic E-state index is -0.559. The molecule has 0 aliphatic rings. The van der Waals surface area contributed by atoms with Gasteiger partial charge in [-0.1, -0.05) is 36.0 Å². The zero-order chi connectivity index (χ0) is 22.4. The number of nitro groups is 1. The van der Waals surface area contributed by atoms with Crippen molar-refractivity contribution in [1.82, 2.24) is 14.8 Å². The fourth-order valence-electron chi connectivity index (χ4n) is 2.78. The molecule has 0 aliphatic heterocycles. The number of carbonyl (C=O) groups is 2. The highest BCUT2D eigenvalue weighted by molar-refractivity contribution is 7.99. The number of ketones is 1. The van der Waals surface area contributed by atoms with E-state index in [0.717, 1.165) is 11.8 Å². The van der Waals surface area contributed by atoms with Gasteiger partial charge < -0.3 is 9.88 Å². The van der Waals surface area contributed by atoms with Gasteiger partial charge in [-0.05, 0) is 19.1 Å². The first kappa shape index (κ1) is 22.1. The maximum absolute atomic E-state index is 13.7. The van der Waals surface area contributed by atoms with E-state index < -0.39 is 16.6 Å². The number of hydrogen-bond donors (Lipinski definition) is 1. The first-order chi connectivity index (χ1) is 14.9. The number of hydrogen-bond acceptors (Lipinski definition) is 7. The van der Waals surface area contributed by atoms with E-state index in [9.17, 15) is 24.1 Å². The molecule has 1 amide bonds. The molecule has 9 nitrogen and oxygen atoms in total. The van der Waals surface area contributed by atoms with Crippen molar-refractivity contribution >= 4 is 34.8 Å². The molecule has 0 unspecified atom stereocenters. The molecular formula is C20H18FN5O4S. The second-order valence-corrected chi connectivity index (χ2v) is 7.31. The second kappa shape index (κ2) is 9.94. The molecule has 0 aliphatic carbocycles. The number of nitrogens with one attached hydrogen (secondary N) is 1. The lowest BCUT2D eigenvalue weighted by molar-refractivity contribution is -0.384. The predicted molar refractivity (Wildman–Crippen MR) is 113 cm³/mol. The Morgan fingerprint density at radius 1 is 1.19 bits per heavy atom. The van der Waals surface area contributed by atoms with Crippen molar-refractivity contribution in [2.24, 2.45) is 0 Å². The van der Waals surface area contributed by atoms with Crippen LogP contribution in [-0.2, 0) is 17.8 Å². The van der Waals surface area contributed by atoms with Crippen LogP contribution in [0.3, 0.4) is 0 Å². The van der Waals surface area contributed by atoms with E-state index in [1.165, 1.54) is 42.5 Å². The number of nitro benzene ring substituents is 1. The molecule has 0 fully saturated rings. The minimum Gasteiger partial charge on any atom is -0.323 e. The number of aromatic nitrogens is 3. The molecule has 0 radical (unpaired) electrons. The van der Waals surface area contributed by atoms with Gasteiger partial charge in [0.05, 0.1) is 22.8 Å². The number of Topliss-reactive ketones (excluding diaryl/α,β-unsaturated/α-hetero) is 1. The zero-order valence-electron chi connectivity index (χ0n) is 16.4. The van der Waals surface area contributed by atoms with Gasteiger partial charge in [-0.3, -0.25) is 19.7 Å². The van der Waals surface area contributed by atoms with Crippen LogP contribution in [0.5, 0.6) is 0 Å². The molecule has 0 bridgehead atoms. The van der Waals surface area contributed by atoms with Crippen molar-refractivity contribution in [2.45, 2.75) is 25.0 Å². The molecule has 11 heteroatoms. The summed E-state index contributed by atoms with van der Waals surface area (Å²) in [5, 5.41) is 21.9. The SMILES string of the molecule is CCn1c(CC(=O)Nc2ccccc2F)nnc1SCC(=O)c1cccc([N+](=O)[O-])c1. The highest BCUT2D eigenvalue weighted by Gasteiger charge is 2.18. The van der Waals surface area contributed by atoms with Crippen molar-refractivity contribution in [3.8, 4) is 0 Å². The quantitative estimate of drug-likeness (QED) is 0.233. The number of amides is 1. The summed E-state index contributed by atoms with van der Waals surface area (Å²) in [7, 11) is 0. The lowest BCUT2D eigenvalue weighted by Gasteiger charge is -2.08. The van der Waals surface area contributed by atoms with E-state index >= 15 is 0 Å². The van der Waals surface area contributed by atoms with Gasteiger partial charge in [0.2, 0.25) is 5.91 Å². The Hall–Kier alpha value is -3.60. The number of para-hydroxylation sites is 1. The summed E-state index contributed by atoms with van der Waals surface area (Å²) in [5.74, 6) is -0.902. The number of rotatable bonds is 9. The third-order valence-corrected chi connectivity index (χ3v) is 5.25. The van der Waals surface area contributed by atoms with Crippen LogP contribution in [0.1, 0.15) is 23.1 Å². The van der Waals surface area contributed by atoms with Gasteiger partial charge in [0, 0.05) is 24.2 Å². The molecule has 160 valence electrons. The van der Waals surface area contributed by atoms with E-state index in [1.807, 2.05) is 6.92 Å². The van der Waals surface area contributed by atoms with E-state index in [4.69, 9.17) is 0 Å². The van der Waals surface area contributed by atoms with Gasteiger partial charge in [-0.25, -0.2) is 4.39 Å². The topological polar surface area (TPSA) is 120 Å². The van der Waals surface area contributed by atoms with E-state index in [-0.39, 0.29) is 34.9 Å². The van der Waals surface area contributed by atoms with Crippen molar-refractivity contribution in [3.05, 3.63) is 75.9 Å². The van der Waals surface area contributed by atoms with Crippen LogP contribution in [0.25, 0.3) is 0 Å². The molecular weight excluding hydrogens is 425 g/mol. The Kier molecular flexibility index (Phi) is 7.08. The Morgan fingerprint density at radius 3 is 2.68 bits per heavy atom. The lowest BCUT2D eigenvalue weighted by atomic mass is 10.1. The summed E-state index contributed by atoms with van der Waals surface area (Å²) in [6.07, 6.45) is -0.117. The average Bonchev–Trinajstić information content (AvgIpc) is 3.14. The summed E-state index contributed by atoms with van der Waals surface area (Å²) >= 11 is 1.12. The van der Waals surface area contributed by atoms with Crippen LogP contribution < -0.4 is 5.32 Å². The van der Waals surface area contributed by atoms with Crippen LogP contribution in [0.2, 0.25) is 0 Å². The van der Waals surface area contributed by atoms with Gasteiger partial charge >= 0.3 is 0 Å². The number of benzene rings is 2. The van der Waals surface area contributed by atoms with Crippen LogP contribution in [0, 0.1) is 15.9 Å². The van der Waals surface area contributed by atoms with Crippen molar-refractivity contribution in [2.75, 3.05) is 11.1 Å². The molecule has 31 heavy (non-hydrogen) atoms. The van der Waals surface area contributed by atoms with Crippen molar-refractivity contribution in [1.29, 1.82) is 0 Å². The van der Waals surface area contributed by atoms with Crippen LogP contribution in [0.4, 0.5) is 15.8 Å². The number of non-ortho nitro benzene ring substituents is 1. The van der Waals surface area contributed by atoms with Gasteiger partial charge in [0.25, 0.3) is 5.69 Å². The molecule has 3 aromatic rings. The highest BCUT2D eigenvalue weighted by Crippen LogP contribution is 2.21. The van der Waals surface area contributed by atoms with E-state index in [2.05, 4.69) is 15.5 Å². The van der Waals surface area contributed by atoms with Crippen molar-refractivity contribution < 1.29 is 18.9 Å². The summed E-state index contributed by atoms with van der Waals surface area (Å²) in [4.78, 5) is 35.0. The summed E-state index contributed by atoms with van der Waals surface area (Å²) in [5.41, 5.74) is 0.150. The zero-order valence-corrected chi connectivity index (χ0v) is 17.3. The third kappa shape index (κ3) is 5.51. The molecule has 0 saturated heterocycles. The summed E-state index contributed by atoms with van der Waals surface area (Å²) in [6, 6.07) is 11.4. The molecule has 2 aromatic carbocycles. The number of thioether (sulfide) groups is 1. The number of nitrogens with zero attached hydrogens (tertiary/aromatic N) is 4. The highest BCUT2D eigenvalue weighted by atomic mass is 32.2. The van der Waals surface area contributed by atoms with Gasteiger partial charge in [0.15, 0.2) is 10.9 Å². The lowest BCUT2D eigenvalue weighted by Crippen LogP contribution is -2.18. The summed E-state index contributed by atoms with van der Waals surface area (Å²) < 4.78 is 15.4. The largest absolute Gasteiger partial charge is 0.323 e. The molecule has 1 N–H and O–H groups in total. The molecule has 1 aromatic heterocycles. The molecule has 3 rings (SSSR count). The van der Waals surface area contributed by atoms with Crippen molar-refractivity contribution in [3.63, 3.8) is 0 Å². The van der Waals surface area contributed by atoms with Crippen LogP contribution in [0.15, 0.2) is 53.7 Å². The van der Waals surface area contributed by atoms with Gasteiger partial charge in [-0.2, -0.15) is 0 Å². The molecule has 0 saturated carbocycles. The number of anilines is 1. The van der Waals surface area contributed by atoms with Gasteiger partial charge in [-0.15, -0.1) is 10.2 Å². The number of carbonyl (C=O) groups excluding carboxylic acids is 2. The van der Waals surface area contributed by atoms with E-state index in [1.54, 1.807) is 10.6 Å². The maximum Gasteiger partial charge on any atom is 0.270 e. The molecule has 0 atom stereocenters. The average molecular weight is 443 g/mol. The monoisotopic (exact) mass is 443 g/mol. The Morgan fingerprint density at radius 2 is 1.97 bits per heavy atom. The number of halogens is 1. The Labute approximate surface area is 180 Å². The first-order valence-corrected chi connectivity index (χ1v) is 10.2. The maximum atomic E-state index is 13.7. The standard InChI is InChI=1S/C20H18FN5O4S/c1-2-25-18(11-19(28)22-16-9-4-3-8-15(16)21)23-24-20(25)31-12-17(27)13-6-5-7-14(10-13)26(29)30/h3-10H,2,11-12H2,1H3,(H,22,28). The fraction of sp³-hybridized carbons (Fsp3) is 0.200. The molecule has 0 spiro atoms. The fourth-order valence-corrected chi connectivity index (χ4v) is 3.70. The third-order valence-electron chi connectivity index (χ3n) is 4.29. The first-order valence-electron chi connectivity index (χ1n) is 9.26. The second-order valence-electron chi connectivity index (χ2n) is 6.37. The Balaban J connectivity index is 1.65. The van der Waals surface area contributed by atoms with Crippen LogP contribution >= 0.6 is 11.8 Å². The normalized spacial score (nSPS) is 10.6. The van der Waals surface area contributed by atoms with Gasteiger partial charge in [0.1, 0.15) is 11.6 Å². The van der Waals surface area contributed by atoms with E-state index in [0.29, 0.717) is 17.5 Å². The Bertz CT molecular complexity index is 1130. The minimum absolute atomic E-state index is 0.000718. The summed E-state index contributed by atoms with van der Waals surface area (Å²) in [6.45, 7) is 2.30.